The van der Waals surface area contributed by atoms with E-state index >= 15 is 0 Å². The third-order valence-electron chi connectivity index (χ3n) is 4.69. The molecule has 1 aromatic rings. The second-order valence-electron chi connectivity index (χ2n) is 6.74. The van der Waals surface area contributed by atoms with Gasteiger partial charge in [0.25, 0.3) is 0 Å². The lowest BCUT2D eigenvalue weighted by atomic mass is 10.0. The Morgan fingerprint density at radius 3 is 2.24 bits per heavy atom. The van der Waals surface area contributed by atoms with Crippen molar-refractivity contribution in [3.05, 3.63) is 34.9 Å². The molecule has 2 aliphatic rings. The van der Waals surface area contributed by atoms with E-state index in [2.05, 4.69) is 21.9 Å². The van der Waals surface area contributed by atoms with Gasteiger partial charge in [0, 0.05) is 43.7 Å². The molecule has 1 amide bonds. The summed E-state index contributed by atoms with van der Waals surface area (Å²) < 4.78 is 0. The first kappa shape index (κ1) is 14.9. The largest absolute Gasteiger partial charge is 0.342 e. The molecule has 2 atom stereocenters. The van der Waals surface area contributed by atoms with E-state index in [9.17, 15) is 4.79 Å². The minimum absolute atomic E-state index is 0.119. The Kier molecular flexibility index (Phi) is 4.23. The Morgan fingerprint density at radius 2 is 1.71 bits per heavy atom. The highest BCUT2D eigenvalue weighted by molar-refractivity contribution is 6.30. The van der Waals surface area contributed by atoms with Gasteiger partial charge < -0.3 is 4.90 Å². The van der Waals surface area contributed by atoms with Crippen molar-refractivity contribution in [3.8, 4) is 0 Å². The molecule has 4 heteroatoms. The summed E-state index contributed by atoms with van der Waals surface area (Å²) in [5.74, 6) is 1.74. The summed E-state index contributed by atoms with van der Waals surface area (Å²) in [4.78, 5) is 16.7. The maximum atomic E-state index is 12.1. The zero-order chi connectivity index (χ0) is 15.0. The number of benzene rings is 1. The monoisotopic (exact) mass is 306 g/mol. The summed E-state index contributed by atoms with van der Waals surface area (Å²) in [6.07, 6.45) is 0. The number of carbonyl (C=O) groups excluding carboxylic acids is 1. The highest BCUT2D eigenvalue weighted by Crippen LogP contribution is 2.32. The standard InChI is InChI=1S/C17H23ClN2O/c1-12(2)17(21)20-10-14-8-19(9-15(14)11-20)7-13-3-5-16(18)6-4-13/h3-6,12,14-15H,7-11H2,1-2H3. The molecule has 3 nitrogen and oxygen atoms in total. The smallest absolute Gasteiger partial charge is 0.225 e. The number of halogens is 1. The Morgan fingerprint density at radius 1 is 1.14 bits per heavy atom. The van der Waals surface area contributed by atoms with Crippen molar-refractivity contribution < 1.29 is 4.79 Å². The van der Waals surface area contributed by atoms with E-state index in [0.717, 1.165) is 37.7 Å². The van der Waals surface area contributed by atoms with Crippen LogP contribution < -0.4 is 0 Å². The van der Waals surface area contributed by atoms with Crippen molar-refractivity contribution in [2.24, 2.45) is 17.8 Å². The van der Waals surface area contributed by atoms with Crippen LogP contribution in [0.1, 0.15) is 19.4 Å². The first-order valence-electron chi connectivity index (χ1n) is 7.78. The molecule has 2 fully saturated rings. The van der Waals surface area contributed by atoms with Gasteiger partial charge in [0.1, 0.15) is 0 Å². The topological polar surface area (TPSA) is 23.6 Å². The molecule has 1 aromatic carbocycles. The van der Waals surface area contributed by atoms with Gasteiger partial charge >= 0.3 is 0 Å². The normalized spacial score (nSPS) is 25.6. The Labute approximate surface area is 131 Å². The van der Waals surface area contributed by atoms with Crippen LogP contribution in [-0.2, 0) is 11.3 Å². The molecule has 2 heterocycles. The minimum atomic E-state index is 0.119. The molecule has 2 saturated heterocycles. The number of nitrogens with zero attached hydrogens (tertiary/aromatic N) is 2. The quantitative estimate of drug-likeness (QED) is 0.857. The van der Waals surface area contributed by atoms with Crippen molar-refractivity contribution in [1.82, 2.24) is 9.80 Å². The summed E-state index contributed by atoms with van der Waals surface area (Å²) in [6.45, 7) is 9.07. The van der Waals surface area contributed by atoms with Gasteiger partial charge in [-0.2, -0.15) is 0 Å². The number of fused-ring (bicyclic) bond motifs is 1. The van der Waals surface area contributed by atoms with Gasteiger partial charge in [0.2, 0.25) is 5.91 Å². The molecule has 0 spiro atoms. The molecule has 114 valence electrons. The van der Waals surface area contributed by atoms with E-state index in [1.807, 2.05) is 26.0 Å². The lowest BCUT2D eigenvalue weighted by Gasteiger charge is -2.23. The summed E-state index contributed by atoms with van der Waals surface area (Å²) in [5.41, 5.74) is 1.31. The van der Waals surface area contributed by atoms with E-state index in [1.165, 1.54) is 5.56 Å². The minimum Gasteiger partial charge on any atom is -0.342 e. The molecular formula is C17H23ClN2O. The van der Waals surface area contributed by atoms with Crippen LogP contribution in [0.2, 0.25) is 5.02 Å². The van der Waals surface area contributed by atoms with Crippen LogP contribution in [0.5, 0.6) is 0 Å². The first-order valence-corrected chi connectivity index (χ1v) is 8.16. The first-order chi connectivity index (χ1) is 10.0. The molecule has 0 aromatic heterocycles. The van der Waals surface area contributed by atoms with E-state index < -0.39 is 0 Å². The van der Waals surface area contributed by atoms with E-state index in [0.29, 0.717) is 17.7 Å². The summed E-state index contributed by atoms with van der Waals surface area (Å²) in [6, 6.07) is 8.11. The molecule has 0 bridgehead atoms. The molecule has 2 unspecified atom stereocenters. The van der Waals surface area contributed by atoms with Crippen molar-refractivity contribution in [3.63, 3.8) is 0 Å². The second kappa shape index (κ2) is 5.98. The van der Waals surface area contributed by atoms with Crippen LogP contribution in [0.15, 0.2) is 24.3 Å². The van der Waals surface area contributed by atoms with E-state index in [1.54, 1.807) is 0 Å². The number of likely N-dealkylation sites (tertiary alicyclic amines) is 2. The highest BCUT2D eigenvalue weighted by Gasteiger charge is 2.41. The van der Waals surface area contributed by atoms with Gasteiger partial charge in [-0.25, -0.2) is 0 Å². The van der Waals surface area contributed by atoms with Crippen molar-refractivity contribution in [2.45, 2.75) is 20.4 Å². The van der Waals surface area contributed by atoms with Gasteiger partial charge in [-0.05, 0) is 29.5 Å². The SMILES string of the molecule is CC(C)C(=O)N1CC2CN(Cc3ccc(Cl)cc3)CC2C1. The summed E-state index contributed by atoms with van der Waals surface area (Å²) >= 11 is 5.93. The van der Waals surface area contributed by atoms with Gasteiger partial charge in [0.05, 0.1) is 0 Å². The molecule has 0 radical (unpaired) electrons. The van der Waals surface area contributed by atoms with Crippen LogP contribution >= 0.6 is 11.6 Å². The van der Waals surface area contributed by atoms with Crippen LogP contribution in [0.3, 0.4) is 0 Å². The Balaban J connectivity index is 1.54. The van der Waals surface area contributed by atoms with Crippen LogP contribution in [-0.4, -0.2) is 41.9 Å². The molecule has 2 aliphatic heterocycles. The third-order valence-corrected chi connectivity index (χ3v) is 4.94. The average molecular weight is 307 g/mol. The predicted octanol–water partition coefficient (Wildman–Crippen LogP) is 2.89. The lowest BCUT2D eigenvalue weighted by Crippen LogP contribution is -2.35. The van der Waals surface area contributed by atoms with Crippen molar-refractivity contribution >= 4 is 17.5 Å². The van der Waals surface area contributed by atoms with Gasteiger partial charge in [-0.1, -0.05) is 37.6 Å². The molecule has 0 N–H and O–H groups in total. The second-order valence-corrected chi connectivity index (χ2v) is 7.18. The maximum absolute atomic E-state index is 12.1. The summed E-state index contributed by atoms with van der Waals surface area (Å²) in [5, 5.41) is 0.792. The lowest BCUT2D eigenvalue weighted by molar-refractivity contribution is -0.133. The Bertz CT molecular complexity index is 500. The molecule has 21 heavy (non-hydrogen) atoms. The van der Waals surface area contributed by atoms with Crippen molar-refractivity contribution in [1.29, 1.82) is 0 Å². The van der Waals surface area contributed by atoms with Gasteiger partial charge in [-0.15, -0.1) is 0 Å². The fourth-order valence-electron chi connectivity index (χ4n) is 3.61. The van der Waals surface area contributed by atoms with Crippen molar-refractivity contribution in [2.75, 3.05) is 26.2 Å². The number of hydrogen-bond acceptors (Lipinski definition) is 2. The average Bonchev–Trinajstić information content (AvgIpc) is 2.98. The molecule has 0 aliphatic carbocycles. The fourth-order valence-corrected chi connectivity index (χ4v) is 3.74. The predicted molar refractivity (Wildman–Crippen MR) is 85.1 cm³/mol. The van der Waals surface area contributed by atoms with E-state index in [-0.39, 0.29) is 5.92 Å². The molecular weight excluding hydrogens is 284 g/mol. The highest BCUT2D eigenvalue weighted by atomic mass is 35.5. The van der Waals surface area contributed by atoms with Crippen LogP contribution in [0.4, 0.5) is 0 Å². The van der Waals surface area contributed by atoms with Crippen LogP contribution in [0, 0.1) is 17.8 Å². The third kappa shape index (κ3) is 3.24. The number of carbonyl (C=O) groups is 1. The number of rotatable bonds is 3. The zero-order valence-electron chi connectivity index (χ0n) is 12.8. The number of amides is 1. The summed E-state index contributed by atoms with van der Waals surface area (Å²) in [7, 11) is 0. The fraction of sp³-hybridized carbons (Fsp3) is 0.588. The van der Waals surface area contributed by atoms with Crippen LogP contribution in [0.25, 0.3) is 0 Å². The Hall–Kier alpha value is -1.06. The van der Waals surface area contributed by atoms with Gasteiger partial charge in [0.15, 0.2) is 0 Å². The molecule has 3 rings (SSSR count). The number of hydrogen-bond donors (Lipinski definition) is 0. The maximum Gasteiger partial charge on any atom is 0.225 e. The molecule has 0 saturated carbocycles. The van der Waals surface area contributed by atoms with E-state index in [4.69, 9.17) is 11.6 Å². The zero-order valence-corrected chi connectivity index (χ0v) is 13.5. The van der Waals surface area contributed by atoms with Gasteiger partial charge in [-0.3, -0.25) is 9.69 Å².